The highest BCUT2D eigenvalue weighted by atomic mass is 32.1. The van der Waals surface area contributed by atoms with Gasteiger partial charge in [0.25, 0.3) is 0 Å². The van der Waals surface area contributed by atoms with Crippen molar-refractivity contribution in [1.82, 2.24) is 9.97 Å². The largest absolute Gasteiger partial charge is 0.244 e. The Hall–Kier alpha value is -3.08. The van der Waals surface area contributed by atoms with E-state index in [2.05, 4.69) is 58.9 Å². The first-order valence-corrected chi connectivity index (χ1v) is 10.7. The number of hydrogen-bond acceptors (Lipinski definition) is 4. The molecule has 0 fully saturated rings. The van der Waals surface area contributed by atoms with Crippen LogP contribution in [-0.4, -0.2) is 9.97 Å². The van der Waals surface area contributed by atoms with Crippen molar-refractivity contribution in [2.24, 2.45) is 0 Å². The lowest BCUT2D eigenvalue weighted by molar-refractivity contribution is 1.40. The normalized spacial score (nSPS) is 10.9. The summed E-state index contributed by atoms with van der Waals surface area (Å²) in [6, 6.07) is 29.2. The van der Waals surface area contributed by atoms with Gasteiger partial charge in [-0.15, -0.1) is 22.7 Å². The molecule has 2 heterocycles. The van der Waals surface area contributed by atoms with Crippen LogP contribution in [-0.2, 0) is 0 Å². The fraction of sp³-hybridized carbons (Fsp3) is 0. The Kier molecular flexibility index (Phi) is 4.57. The summed E-state index contributed by atoms with van der Waals surface area (Å²) in [5.41, 5.74) is 5.66. The molecule has 0 saturated carbocycles. The highest BCUT2D eigenvalue weighted by Gasteiger charge is 2.09. The lowest BCUT2D eigenvalue weighted by Gasteiger charge is -2.00. The molecule has 0 aliphatic carbocycles. The van der Waals surface area contributed by atoms with Crippen LogP contribution in [0.1, 0.15) is 0 Å². The highest BCUT2D eigenvalue weighted by molar-refractivity contribution is 7.18. The SMILES string of the molecule is c1ccc(-c2csc(-c3ccc(-c4cnc(-c5ccccc5)s4)cc3)n2)cc1. The van der Waals surface area contributed by atoms with Crippen LogP contribution in [0.5, 0.6) is 0 Å². The first-order valence-electron chi connectivity index (χ1n) is 9.00. The molecule has 28 heavy (non-hydrogen) atoms. The van der Waals surface area contributed by atoms with Gasteiger partial charge in [-0.05, 0) is 5.56 Å². The molecule has 134 valence electrons. The summed E-state index contributed by atoms with van der Waals surface area (Å²) in [5, 5.41) is 4.21. The number of aromatic nitrogens is 2. The van der Waals surface area contributed by atoms with Crippen LogP contribution >= 0.6 is 22.7 Å². The van der Waals surface area contributed by atoms with Gasteiger partial charge in [0.05, 0.1) is 10.6 Å². The van der Waals surface area contributed by atoms with Crippen LogP contribution in [0.4, 0.5) is 0 Å². The monoisotopic (exact) mass is 396 g/mol. The Bertz CT molecular complexity index is 1090. The van der Waals surface area contributed by atoms with Gasteiger partial charge in [-0.25, -0.2) is 9.97 Å². The molecule has 4 heteroatoms. The van der Waals surface area contributed by atoms with E-state index >= 15 is 0 Å². The van der Waals surface area contributed by atoms with Gasteiger partial charge in [-0.2, -0.15) is 0 Å². The molecule has 0 atom stereocenters. The first kappa shape index (κ1) is 17.0. The molecule has 0 radical (unpaired) electrons. The quantitative estimate of drug-likeness (QED) is 0.319. The Labute approximate surface area is 171 Å². The van der Waals surface area contributed by atoms with Gasteiger partial charge in [0.1, 0.15) is 10.0 Å². The molecule has 0 unspecified atom stereocenters. The minimum absolute atomic E-state index is 1.03. The van der Waals surface area contributed by atoms with Gasteiger partial charge in [-0.3, -0.25) is 0 Å². The van der Waals surface area contributed by atoms with E-state index in [4.69, 9.17) is 4.98 Å². The minimum atomic E-state index is 1.03. The molecule has 0 aliphatic rings. The fourth-order valence-electron chi connectivity index (χ4n) is 3.05. The van der Waals surface area contributed by atoms with Crippen molar-refractivity contribution >= 4 is 22.7 Å². The van der Waals surface area contributed by atoms with Crippen LogP contribution in [0.15, 0.2) is 96.5 Å². The Morgan fingerprint density at radius 2 is 1.18 bits per heavy atom. The molecular weight excluding hydrogens is 380 g/mol. The number of rotatable bonds is 4. The van der Waals surface area contributed by atoms with Gasteiger partial charge >= 0.3 is 0 Å². The summed E-state index contributed by atoms with van der Waals surface area (Å²) >= 11 is 3.40. The van der Waals surface area contributed by atoms with Gasteiger partial charge in [-0.1, -0.05) is 84.9 Å². The van der Waals surface area contributed by atoms with E-state index in [-0.39, 0.29) is 0 Å². The number of nitrogens with zero attached hydrogens (tertiary/aromatic N) is 2. The van der Waals surface area contributed by atoms with E-state index in [0.717, 1.165) is 32.4 Å². The second-order valence-electron chi connectivity index (χ2n) is 6.38. The van der Waals surface area contributed by atoms with Crippen molar-refractivity contribution in [2.45, 2.75) is 0 Å². The predicted molar refractivity (Wildman–Crippen MR) is 120 cm³/mol. The van der Waals surface area contributed by atoms with E-state index < -0.39 is 0 Å². The van der Waals surface area contributed by atoms with Gasteiger partial charge in [0, 0.05) is 28.3 Å². The third-order valence-corrected chi connectivity index (χ3v) is 6.50. The van der Waals surface area contributed by atoms with Crippen LogP contribution in [0.25, 0.3) is 42.8 Å². The van der Waals surface area contributed by atoms with Crippen LogP contribution in [0.2, 0.25) is 0 Å². The maximum Gasteiger partial charge on any atom is 0.124 e. The molecular formula is C24H16N2S2. The van der Waals surface area contributed by atoms with Crippen LogP contribution < -0.4 is 0 Å². The fourth-order valence-corrected chi connectivity index (χ4v) is 4.81. The summed E-state index contributed by atoms with van der Waals surface area (Å²) in [5.74, 6) is 0. The zero-order chi connectivity index (χ0) is 18.8. The van der Waals surface area contributed by atoms with E-state index in [1.165, 1.54) is 10.4 Å². The molecule has 2 aromatic heterocycles. The van der Waals surface area contributed by atoms with E-state index in [1.54, 1.807) is 22.7 Å². The average molecular weight is 397 g/mol. The summed E-state index contributed by atoms with van der Waals surface area (Å²) < 4.78 is 0. The lowest BCUT2D eigenvalue weighted by atomic mass is 10.1. The van der Waals surface area contributed by atoms with Crippen molar-refractivity contribution in [1.29, 1.82) is 0 Å². The molecule has 2 nitrogen and oxygen atoms in total. The second-order valence-corrected chi connectivity index (χ2v) is 8.27. The Morgan fingerprint density at radius 3 is 1.89 bits per heavy atom. The van der Waals surface area contributed by atoms with Crippen molar-refractivity contribution in [3.63, 3.8) is 0 Å². The number of benzene rings is 3. The average Bonchev–Trinajstić information content (AvgIpc) is 3.46. The van der Waals surface area contributed by atoms with Crippen molar-refractivity contribution in [2.75, 3.05) is 0 Å². The van der Waals surface area contributed by atoms with Crippen LogP contribution in [0, 0.1) is 0 Å². The smallest absolute Gasteiger partial charge is 0.124 e. The summed E-state index contributed by atoms with van der Waals surface area (Å²) in [6.07, 6.45) is 1.96. The van der Waals surface area contributed by atoms with E-state index in [9.17, 15) is 0 Å². The topological polar surface area (TPSA) is 25.8 Å². The van der Waals surface area contributed by atoms with Crippen molar-refractivity contribution < 1.29 is 0 Å². The molecule has 0 spiro atoms. The standard InChI is InChI=1S/C24H16N2S2/c1-3-7-17(8-4-1)21-16-27-24(26-21)20-13-11-18(12-14-20)22-15-25-23(28-22)19-9-5-2-6-10-19/h1-16H. The second kappa shape index (κ2) is 7.50. The predicted octanol–water partition coefficient (Wildman–Crippen LogP) is 7.27. The molecule has 0 amide bonds. The Morgan fingerprint density at radius 1 is 0.571 bits per heavy atom. The molecule has 0 N–H and O–H groups in total. The molecule has 5 rings (SSSR count). The van der Waals surface area contributed by atoms with E-state index in [1.807, 2.05) is 42.6 Å². The molecule has 0 aliphatic heterocycles. The third-order valence-electron chi connectivity index (χ3n) is 4.52. The third kappa shape index (κ3) is 3.40. The van der Waals surface area contributed by atoms with Gasteiger partial charge < -0.3 is 0 Å². The van der Waals surface area contributed by atoms with Crippen molar-refractivity contribution in [3.05, 3.63) is 96.5 Å². The molecule has 5 aromatic rings. The van der Waals surface area contributed by atoms with Gasteiger partial charge in [0.2, 0.25) is 0 Å². The molecule has 0 bridgehead atoms. The number of thiazole rings is 2. The zero-order valence-electron chi connectivity index (χ0n) is 14.9. The Balaban J connectivity index is 1.40. The van der Waals surface area contributed by atoms with Gasteiger partial charge in [0.15, 0.2) is 0 Å². The molecule has 3 aromatic carbocycles. The van der Waals surface area contributed by atoms with Crippen LogP contribution in [0.3, 0.4) is 0 Å². The summed E-state index contributed by atoms with van der Waals surface area (Å²) in [7, 11) is 0. The lowest BCUT2D eigenvalue weighted by Crippen LogP contribution is -1.80. The van der Waals surface area contributed by atoms with E-state index in [0.29, 0.717) is 0 Å². The summed E-state index contributed by atoms with van der Waals surface area (Å²) in [6.45, 7) is 0. The minimum Gasteiger partial charge on any atom is -0.244 e. The number of hydrogen-bond donors (Lipinski definition) is 0. The van der Waals surface area contributed by atoms with Crippen molar-refractivity contribution in [3.8, 4) is 42.8 Å². The summed E-state index contributed by atoms with van der Waals surface area (Å²) in [4.78, 5) is 10.6. The zero-order valence-corrected chi connectivity index (χ0v) is 16.6. The maximum atomic E-state index is 4.81. The maximum absolute atomic E-state index is 4.81. The highest BCUT2D eigenvalue weighted by Crippen LogP contribution is 2.34. The molecule has 0 saturated heterocycles. The first-order chi connectivity index (χ1) is 13.9.